The van der Waals surface area contributed by atoms with E-state index in [1.807, 2.05) is 36.4 Å². The van der Waals surface area contributed by atoms with E-state index in [1.165, 1.54) is 12.8 Å². The van der Waals surface area contributed by atoms with Crippen molar-refractivity contribution in [3.63, 3.8) is 0 Å². The van der Waals surface area contributed by atoms with Crippen LogP contribution in [-0.4, -0.2) is 11.0 Å². The molecule has 0 radical (unpaired) electrons. The molecule has 0 saturated heterocycles. The number of nitrogens with one attached hydrogen (secondary N) is 1. The molecule has 1 aliphatic rings. The van der Waals surface area contributed by atoms with Crippen LogP contribution in [0.1, 0.15) is 24.1 Å². The van der Waals surface area contributed by atoms with Crippen LogP contribution in [0.25, 0.3) is 0 Å². The van der Waals surface area contributed by atoms with Gasteiger partial charge in [0.05, 0.1) is 5.69 Å². The first-order chi connectivity index (χ1) is 9.81. The van der Waals surface area contributed by atoms with E-state index in [0.29, 0.717) is 12.6 Å². The molecule has 0 spiro atoms. The Hall–Kier alpha value is -1.58. The smallest absolute Gasteiger partial charge is 0.130 e. The molecule has 3 rings (SSSR count). The number of aromatic nitrogens is 1. The van der Waals surface area contributed by atoms with E-state index in [0.717, 1.165) is 28.6 Å². The number of ether oxygens (including phenoxy) is 1. The number of hydrogen-bond donors (Lipinski definition) is 1. The molecule has 0 unspecified atom stereocenters. The first kappa shape index (κ1) is 13.4. The highest BCUT2D eigenvalue weighted by molar-refractivity contribution is 6.30. The molecule has 0 amide bonds. The lowest BCUT2D eigenvalue weighted by molar-refractivity contribution is 0.297. The van der Waals surface area contributed by atoms with Gasteiger partial charge >= 0.3 is 0 Å². The van der Waals surface area contributed by atoms with Crippen molar-refractivity contribution >= 4 is 11.6 Å². The zero-order chi connectivity index (χ0) is 13.8. The molecule has 1 heterocycles. The van der Waals surface area contributed by atoms with Crippen LogP contribution in [0, 0.1) is 0 Å². The van der Waals surface area contributed by atoms with Crippen molar-refractivity contribution in [1.29, 1.82) is 0 Å². The minimum atomic E-state index is 0.471. The van der Waals surface area contributed by atoms with Gasteiger partial charge < -0.3 is 10.1 Å². The van der Waals surface area contributed by atoms with E-state index in [4.69, 9.17) is 16.3 Å². The molecular formula is C16H17ClN2O. The summed E-state index contributed by atoms with van der Waals surface area (Å²) in [7, 11) is 0. The SMILES string of the molecule is Clc1ccc(OCc2ccccn2)c(CNC2CC2)c1. The van der Waals surface area contributed by atoms with Gasteiger partial charge in [-0.05, 0) is 43.2 Å². The number of nitrogens with zero attached hydrogens (tertiary/aromatic N) is 1. The standard InChI is InChI=1S/C16H17ClN2O/c17-13-4-7-16(12(9-13)10-19-14-5-6-14)20-11-15-3-1-2-8-18-15/h1-4,7-9,14,19H,5-6,10-11H2. The summed E-state index contributed by atoms with van der Waals surface area (Å²) in [5.74, 6) is 0.869. The Bertz CT molecular complexity index is 570. The summed E-state index contributed by atoms with van der Waals surface area (Å²) in [6.45, 7) is 1.27. The molecule has 4 heteroatoms. The Balaban J connectivity index is 1.67. The molecule has 0 atom stereocenters. The lowest BCUT2D eigenvalue weighted by Crippen LogP contribution is -2.16. The highest BCUT2D eigenvalue weighted by Gasteiger charge is 2.20. The predicted octanol–water partition coefficient (Wildman–Crippen LogP) is 3.57. The molecule has 1 fully saturated rings. The van der Waals surface area contributed by atoms with E-state index in [1.54, 1.807) is 6.20 Å². The van der Waals surface area contributed by atoms with E-state index in [2.05, 4.69) is 10.3 Å². The second kappa shape index (κ2) is 6.25. The van der Waals surface area contributed by atoms with Gasteiger partial charge in [-0.3, -0.25) is 4.98 Å². The minimum Gasteiger partial charge on any atom is -0.487 e. The monoisotopic (exact) mass is 288 g/mol. The summed E-state index contributed by atoms with van der Waals surface area (Å²) >= 11 is 6.07. The van der Waals surface area contributed by atoms with Crippen LogP contribution >= 0.6 is 11.6 Å². The zero-order valence-electron chi connectivity index (χ0n) is 11.2. The molecule has 1 aliphatic carbocycles. The number of rotatable bonds is 6. The Kier molecular flexibility index (Phi) is 4.19. The highest BCUT2D eigenvalue weighted by atomic mass is 35.5. The maximum atomic E-state index is 6.07. The molecule has 1 aromatic heterocycles. The maximum Gasteiger partial charge on any atom is 0.130 e. The summed E-state index contributed by atoms with van der Waals surface area (Å²) < 4.78 is 5.87. The van der Waals surface area contributed by atoms with Crippen LogP contribution < -0.4 is 10.1 Å². The second-order valence-corrected chi connectivity index (χ2v) is 5.45. The summed E-state index contributed by atoms with van der Waals surface area (Å²) in [4.78, 5) is 4.26. The fourth-order valence-corrected chi connectivity index (χ4v) is 2.20. The van der Waals surface area contributed by atoms with Crippen LogP contribution in [-0.2, 0) is 13.2 Å². The first-order valence-corrected chi connectivity index (χ1v) is 7.23. The van der Waals surface area contributed by atoms with Crippen molar-refractivity contribution in [3.05, 3.63) is 58.9 Å². The van der Waals surface area contributed by atoms with Crippen molar-refractivity contribution in [2.45, 2.75) is 32.0 Å². The highest BCUT2D eigenvalue weighted by Crippen LogP contribution is 2.25. The summed E-state index contributed by atoms with van der Waals surface area (Å²) in [5.41, 5.74) is 2.02. The Labute approximate surface area is 123 Å². The van der Waals surface area contributed by atoms with Gasteiger partial charge in [-0.15, -0.1) is 0 Å². The Morgan fingerprint density at radius 2 is 2.15 bits per heavy atom. The van der Waals surface area contributed by atoms with Gasteiger partial charge in [-0.2, -0.15) is 0 Å². The third-order valence-corrected chi connectivity index (χ3v) is 3.52. The van der Waals surface area contributed by atoms with Crippen LogP contribution in [0.15, 0.2) is 42.6 Å². The molecule has 20 heavy (non-hydrogen) atoms. The Morgan fingerprint density at radius 3 is 2.90 bits per heavy atom. The maximum absolute atomic E-state index is 6.07. The van der Waals surface area contributed by atoms with Crippen LogP contribution in [0.4, 0.5) is 0 Å². The number of halogens is 1. The van der Waals surface area contributed by atoms with Crippen LogP contribution in [0.2, 0.25) is 5.02 Å². The van der Waals surface area contributed by atoms with Crippen LogP contribution in [0.3, 0.4) is 0 Å². The van der Waals surface area contributed by atoms with Crippen LogP contribution in [0.5, 0.6) is 5.75 Å². The lowest BCUT2D eigenvalue weighted by atomic mass is 10.2. The molecule has 3 nitrogen and oxygen atoms in total. The third kappa shape index (κ3) is 3.71. The van der Waals surface area contributed by atoms with E-state index in [9.17, 15) is 0 Å². The normalized spacial score (nSPS) is 14.2. The van der Waals surface area contributed by atoms with Gasteiger partial charge in [0.2, 0.25) is 0 Å². The quantitative estimate of drug-likeness (QED) is 0.882. The number of pyridine rings is 1. The topological polar surface area (TPSA) is 34.1 Å². The first-order valence-electron chi connectivity index (χ1n) is 6.86. The molecule has 0 aliphatic heterocycles. The summed E-state index contributed by atoms with van der Waals surface area (Å²) in [5, 5.41) is 4.22. The fourth-order valence-electron chi connectivity index (χ4n) is 2.00. The summed E-state index contributed by atoms with van der Waals surface area (Å²) in [6, 6.07) is 12.2. The van der Waals surface area contributed by atoms with Crippen molar-refractivity contribution in [3.8, 4) is 5.75 Å². The molecule has 1 N–H and O–H groups in total. The number of hydrogen-bond acceptors (Lipinski definition) is 3. The molecular weight excluding hydrogens is 272 g/mol. The van der Waals surface area contributed by atoms with Gasteiger partial charge in [-0.25, -0.2) is 0 Å². The average Bonchev–Trinajstić information content (AvgIpc) is 3.29. The van der Waals surface area contributed by atoms with Gasteiger partial charge in [-0.1, -0.05) is 17.7 Å². The van der Waals surface area contributed by atoms with Gasteiger partial charge in [0, 0.05) is 29.4 Å². The second-order valence-electron chi connectivity index (χ2n) is 5.02. The van der Waals surface area contributed by atoms with E-state index >= 15 is 0 Å². The predicted molar refractivity (Wildman–Crippen MR) is 79.9 cm³/mol. The van der Waals surface area contributed by atoms with Gasteiger partial charge in [0.25, 0.3) is 0 Å². The molecule has 0 bridgehead atoms. The van der Waals surface area contributed by atoms with Crippen molar-refractivity contribution in [1.82, 2.24) is 10.3 Å². The summed E-state index contributed by atoms with van der Waals surface area (Å²) in [6.07, 6.45) is 4.31. The van der Waals surface area contributed by atoms with Crippen molar-refractivity contribution in [2.24, 2.45) is 0 Å². The largest absolute Gasteiger partial charge is 0.487 e. The van der Waals surface area contributed by atoms with Crippen molar-refractivity contribution in [2.75, 3.05) is 0 Å². The molecule has 104 valence electrons. The molecule has 1 saturated carbocycles. The van der Waals surface area contributed by atoms with E-state index < -0.39 is 0 Å². The minimum absolute atomic E-state index is 0.471. The lowest BCUT2D eigenvalue weighted by Gasteiger charge is -2.12. The average molecular weight is 289 g/mol. The number of benzene rings is 1. The van der Waals surface area contributed by atoms with Gasteiger partial charge in [0.1, 0.15) is 12.4 Å². The molecule has 2 aromatic rings. The van der Waals surface area contributed by atoms with E-state index in [-0.39, 0.29) is 0 Å². The third-order valence-electron chi connectivity index (χ3n) is 3.28. The zero-order valence-corrected chi connectivity index (χ0v) is 11.9. The Morgan fingerprint density at radius 1 is 1.25 bits per heavy atom. The van der Waals surface area contributed by atoms with Crippen molar-refractivity contribution < 1.29 is 4.74 Å². The molecule has 1 aromatic carbocycles. The fraction of sp³-hybridized carbons (Fsp3) is 0.312. The van der Waals surface area contributed by atoms with Gasteiger partial charge in [0.15, 0.2) is 0 Å².